The standard InChI is InChI=1S/C12H14O3/c13-8-10-3-5-11(6-4-10)15-9-12-2-1-7-14-12/h3-6,8,12H,1-2,7,9H2. The number of rotatable bonds is 4. The highest BCUT2D eigenvalue weighted by Crippen LogP contribution is 2.15. The molecule has 0 N–H and O–H groups in total. The van der Waals surface area contributed by atoms with E-state index in [1.807, 2.05) is 0 Å². The first-order valence-corrected chi connectivity index (χ1v) is 5.18. The monoisotopic (exact) mass is 206 g/mol. The quantitative estimate of drug-likeness (QED) is 0.707. The molecule has 1 heterocycles. The number of ether oxygens (including phenoxy) is 2. The first-order chi connectivity index (χ1) is 7.38. The normalized spacial score (nSPS) is 20.1. The van der Waals surface area contributed by atoms with Crippen molar-refractivity contribution in [1.29, 1.82) is 0 Å². The van der Waals surface area contributed by atoms with E-state index in [9.17, 15) is 4.79 Å². The highest BCUT2D eigenvalue weighted by molar-refractivity contribution is 5.74. The number of hydrogen-bond acceptors (Lipinski definition) is 3. The molecule has 2 rings (SSSR count). The van der Waals surface area contributed by atoms with E-state index in [2.05, 4.69) is 0 Å². The molecule has 1 aliphatic heterocycles. The molecule has 0 radical (unpaired) electrons. The largest absolute Gasteiger partial charge is 0.491 e. The molecule has 1 saturated heterocycles. The summed E-state index contributed by atoms with van der Waals surface area (Å²) in [6.45, 7) is 1.44. The van der Waals surface area contributed by atoms with E-state index in [0.717, 1.165) is 31.5 Å². The Labute approximate surface area is 89.0 Å². The summed E-state index contributed by atoms with van der Waals surface area (Å²) in [7, 11) is 0. The molecule has 0 saturated carbocycles. The van der Waals surface area contributed by atoms with E-state index in [1.165, 1.54) is 0 Å². The Morgan fingerprint density at radius 1 is 1.40 bits per heavy atom. The minimum atomic E-state index is 0.232. The van der Waals surface area contributed by atoms with Crippen LogP contribution in [0, 0.1) is 0 Å². The van der Waals surface area contributed by atoms with Crippen molar-refractivity contribution in [3.8, 4) is 5.75 Å². The molecule has 1 unspecified atom stereocenters. The third-order valence-electron chi connectivity index (χ3n) is 2.48. The maximum absolute atomic E-state index is 10.4. The fourth-order valence-corrected chi connectivity index (χ4v) is 1.61. The highest BCUT2D eigenvalue weighted by Gasteiger charge is 2.15. The number of aldehydes is 1. The van der Waals surface area contributed by atoms with Crippen LogP contribution in [-0.4, -0.2) is 25.6 Å². The van der Waals surface area contributed by atoms with E-state index in [-0.39, 0.29) is 6.10 Å². The summed E-state index contributed by atoms with van der Waals surface area (Å²) in [4.78, 5) is 10.4. The number of hydrogen-bond donors (Lipinski definition) is 0. The molecule has 1 fully saturated rings. The van der Waals surface area contributed by atoms with Crippen molar-refractivity contribution in [2.24, 2.45) is 0 Å². The van der Waals surface area contributed by atoms with Gasteiger partial charge in [0.2, 0.25) is 0 Å². The van der Waals surface area contributed by atoms with Crippen molar-refractivity contribution in [3.05, 3.63) is 29.8 Å². The van der Waals surface area contributed by atoms with Crippen molar-refractivity contribution in [1.82, 2.24) is 0 Å². The van der Waals surface area contributed by atoms with Gasteiger partial charge in [0.05, 0.1) is 6.10 Å². The molecule has 0 spiro atoms. The third kappa shape index (κ3) is 2.80. The van der Waals surface area contributed by atoms with Gasteiger partial charge in [0.1, 0.15) is 18.6 Å². The van der Waals surface area contributed by atoms with Crippen LogP contribution in [0.2, 0.25) is 0 Å². The second-order valence-electron chi connectivity index (χ2n) is 3.63. The Morgan fingerprint density at radius 2 is 2.20 bits per heavy atom. The SMILES string of the molecule is O=Cc1ccc(OCC2CCCO2)cc1. The van der Waals surface area contributed by atoms with Gasteiger partial charge in [-0.05, 0) is 37.1 Å². The van der Waals surface area contributed by atoms with Gasteiger partial charge in [-0.2, -0.15) is 0 Å². The summed E-state index contributed by atoms with van der Waals surface area (Å²) < 4.78 is 11.0. The topological polar surface area (TPSA) is 35.5 Å². The fourth-order valence-electron chi connectivity index (χ4n) is 1.61. The maximum atomic E-state index is 10.4. The molecular formula is C12H14O3. The highest BCUT2D eigenvalue weighted by atomic mass is 16.5. The van der Waals surface area contributed by atoms with Crippen molar-refractivity contribution in [3.63, 3.8) is 0 Å². The zero-order valence-corrected chi connectivity index (χ0v) is 8.52. The Balaban J connectivity index is 1.84. The molecule has 1 aromatic carbocycles. The lowest BCUT2D eigenvalue weighted by molar-refractivity contribution is 0.0679. The van der Waals surface area contributed by atoms with E-state index >= 15 is 0 Å². The van der Waals surface area contributed by atoms with Crippen molar-refractivity contribution >= 4 is 6.29 Å². The number of benzene rings is 1. The molecule has 80 valence electrons. The van der Waals surface area contributed by atoms with Crippen LogP contribution in [0.4, 0.5) is 0 Å². The van der Waals surface area contributed by atoms with Gasteiger partial charge in [-0.1, -0.05) is 0 Å². The van der Waals surface area contributed by atoms with E-state index in [4.69, 9.17) is 9.47 Å². The lowest BCUT2D eigenvalue weighted by Crippen LogP contribution is -2.16. The summed E-state index contributed by atoms with van der Waals surface area (Å²) in [6.07, 6.45) is 3.25. The average Bonchev–Trinajstić information content (AvgIpc) is 2.80. The molecule has 1 aliphatic rings. The van der Waals surface area contributed by atoms with Crippen LogP contribution in [-0.2, 0) is 4.74 Å². The Bertz CT molecular complexity index is 312. The van der Waals surface area contributed by atoms with Crippen LogP contribution < -0.4 is 4.74 Å². The van der Waals surface area contributed by atoms with Crippen LogP contribution in [0.1, 0.15) is 23.2 Å². The molecule has 0 aliphatic carbocycles. The summed E-state index contributed by atoms with van der Waals surface area (Å²) in [6, 6.07) is 7.10. The molecule has 3 nitrogen and oxygen atoms in total. The summed E-state index contributed by atoms with van der Waals surface area (Å²) >= 11 is 0. The number of carbonyl (C=O) groups excluding carboxylic acids is 1. The summed E-state index contributed by atoms with van der Waals surface area (Å²) in [5.41, 5.74) is 0.666. The zero-order chi connectivity index (χ0) is 10.5. The van der Waals surface area contributed by atoms with Crippen LogP contribution in [0.3, 0.4) is 0 Å². The molecule has 15 heavy (non-hydrogen) atoms. The molecule has 0 aromatic heterocycles. The van der Waals surface area contributed by atoms with Crippen molar-refractivity contribution in [2.45, 2.75) is 18.9 Å². The second-order valence-corrected chi connectivity index (χ2v) is 3.63. The van der Waals surface area contributed by atoms with Crippen LogP contribution in [0.5, 0.6) is 5.75 Å². The second kappa shape index (κ2) is 4.94. The average molecular weight is 206 g/mol. The van der Waals surface area contributed by atoms with Gasteiger partial charge >= 0.3 is 0 Å². The summed E-state index contributed by atoms with van der Waals surface area (Å²) in [5, 5.41) is 0. The molecule has 3 heteroatoms. The predicted molar refractivity (Wildman–Crippen MR) is 56.3 cm³/mol. The lowest BCUT2D eigenvalue weighted by Gasteiger charge is -2.11. The van der Waals surface area contributed by atoms with Crippen LogP contribution in [0.15, 0.2) is 24.3 Å². The lowest BCUT2D eigenvalue weighted by atomic mass is 10.2. The van der Waals surface area contributed by atoms with Gasteiger partial charge in [-0.3, -0.25) is 4.79 Å². The Hall–Kier alpha value is -1.35. The van der Waals surface area contributed by atoms with E-state index < -0.39 is 0 Å². The van der Waals surface area contributed by atoms with Gasteiger partial charge < -0.3 is 9.47 Å². The third-order valence-corrected chi connectivity index (χ3v) is 2.48. The molecular weight excluding hydrogens is 192 g/mol. The smallest absolute Gasteiger partial charge is 0.150 e. The molecule has 1 atom stereocenters. The first-order valence-electron chi connectivity index (χ1n) is 5.18. The molecule has 0 bridgehead atoms. The number of carbonyl (C=O) groups is 1. The van der Waals surface area contributed by atoms with Gasteiger partial charge in [0, 0.05) is 12.2 Å². The van der Waals surface area contributed by atoms with Gasteiger partial charge in [-0.25, -0.2) is 0 Å². The van der Waals surface area contributed by atoms with Gasteiger partial charge in [-0.15, -0.1) is 0 Å². The Morgan fingerprint density at radius 3 is 2.80 bits per heavy atom. The van der Waals surface area contributed by atoms with Gasteiger partial charge in [0.25, 0.3) is 0 Å². The predicted octanol–water partition coefficient (Wildman–Crippen LogP) is 2.06. The minimum absolute atomic E-state index is 0.232. The van der Waals surface area contributed by atoms with E-state index in [0.29, 0.717) is 12.2 Å². The minimum Gasteiger partial charge on any atom is -0.491 e. The summed E-state index contributed by atoms with van der Waals surface area (Å²) in [5.74, 6) is 0.788. The van der Waals surface area contributed by atoms with Crippen molar-refractivity contribution < 1.29 is 14.3 Å². The van der Waals surface area contributed by atoms with Crippen molar-refractivity contribution in [2.75, 3.05) is 13.2 Å². The maximum Gasteiger partial charge on any atom is 0.150 e. The molecule has 0 amide bonds. The molecule has 1 aromatic rings. The Kier molecular flexibility index (Phi) is 3.35. The zero-order valence-electron chi connectivity index (χ0n) is 8.52. The first kappa shape index (κ1) is 10.2. The van der Waals surface area contributed by atoms with E-state index in [1.54, 1.807) is 24.3 Å². The van der Waals surface area contributed by atoms with Crippen LogP contribution in [0.25, 0.3) is 0 Å². The van der Waals surface area contributed by atoms with Crippen LogP contribution >= 0.6 is 0 Å². The fraction of sp³-hybridized carbons (Fsp3) is 0.417. The van der Waals surface area contributed by atoms with Gasteiger partial charge in [0.15, 0.2) is 0 Å².